The molecule has 1 atom stereocenters. The number of rotatable bonds is 6. The van der Waals surface area contributed by atoms with Crippen LogP contribution in [0, 0.1) is 0 Å². The monoisotopic (exact) mass is 406 g/mol. The predicted molar refractivity (Wildman–Crippen MR) is 118 cm³/mol. The molecule has 0 bridgehead atoms. The lowest BCUT2D eigenvalue weighted by Gasteiger charge is -2.32. The van der Waals surface area contributed by atoms with Crippen LogP contribution in [0.1, 0.15) is 23.1 Å². The second kappa shape index (κ2) is 7.86. The Morgan fingerprint density at radius 3 is 2.54 bits per heavy atom. The summed E-state index contributed by atoms with van der Waals surface area (Å²) in [7, 11) is 1.89. The number of aromatic nitrogens is 1. The maximum absolute atomic E-state index is 13.6. The zero-order valence-corrected chi connectivity index (χ0v) is 17.6. The number of thiophene rings is 1. The minimum atomic E-state index is -0.667. The van der Waals surface area contributed by atoms with Gasteiger partial charge in [0.1, 0.15) is 0 Å². The molecule has 0 saturated carbocycles. The van der Waals surface area contributed by atoms with Crippen LogP contribution in [0.5, 0.6) is 0 Å². The fraction of sp³-hybridized carbons (Fsp3) is 0.217. The van der Waals surface area contributed by atoms with Gasteiger partial charge in [0, 0.05) is 20.0 Å². The van der Waals surface area contributed by atoms with Gasteiger partial charge in [-0.05, 0) is 47.0 Å². The molecule has 4 aromatic rings. The molecule has 0 aliphatic carbocycles. The molecule has 0 N–H and O–H groups in total. The number of thiazole rings is 1. The summed E-state index contributed by atoms with van der Waals surface area (Å²) in [6.07, 6.45) is 0.586. The summed E-state index contributed by atoms with van der Waals surface area (Å²) in [6, 6.07) is 20.3. The second-order valence-corrected chi connectivity index (χ2v) is 9.14. The van der Waals surface area contributed by atoms with E-state index >= 15 is 0 Å². The van der Waals surface area contributed by atoms with Crippen molar-refractivity contribution in [1.82, 2.24) is 9.88 Å². The van der Waals surface area contributed by atoms with Crippen LogP contribution in [0.4, 0.5) is 0 Å². The van der Waals surface area contributed by atoms with E-state index in [4.69, 9.17) is 4.98 Å². The molecule has 2 heterocycles. The number of carbonyl (C=O) groups is 1. The van der Waals surface area contributed by atoms with E-state index in [0.717, 1.165) is 26.4 Å². The summed E-state index contributed by atoms with van der Waals surface area (Å²) in [4.78, 5) is 20.2. The Balaban J connectivity index is 1.68. The number of carbonyl (C=O) groups excluding carboxylic acids is 1. The van der Waals surface area contributed by atoms with E-state index in [0.29, 0.717) is 13.0 Å². The Labute approximate surface area is 173 Å². The van der Waals surface area contributed by atoms with E-state index in [1.165, 1.54) is 0 Å². The van der Waals surface area contributed by atoms with Gasteiger partial charge in [0.25, 0.3) is 0 Å². The summed E-state index contributed by atoms with van der Waals surface area (Å²) in [5, 5.41) is 5.13. The summed E-state index contributed by atoms with van der Waals surface area (Å²) in [6.45, 7) is 2.66. The Hall–Kier alpha value is -2.50. The van der Waals surface area contributed by atoms with E-state index in [2.05, 4.69) is 17.5 Å². The number of fused-ring (bicyclic) bond motifs is 1. The van der Waals surface area contributed by atoms with Crippen LogP contribution in [0.25, 0.3) is 10.2 Å². The summed E-state index contributed by atoms with van der Waals surface area (Å²) in [5.74, 6) is 0.115. The number of amides is 1. The van der Waals surface area contributed by atoms with Gasteiger partial charge in [-0.1, -0.05) is 42.5 Å². The first-order valence-corrected chi connectivity index (χ1v) is 11.0. The number of hydrogen-bond donors (Lipinski definition) is 0. The molecule has 0 aliphatic rings. The van der Waals surface area contributed by atoms with Crippen molar-refractivity contribution < 1.29 is 4.79 Å². The molecule has 0 radical (unpaired) electrons. The molecule has 3 nitrogen and oxygen atoms in total. The molecule has 28 heavy (non-hydrogen) atoms. The summed E-state index contributed by atoms with van der Waals surface area (Å²) >= 11 is 3.33. The number of para-hydroxylation sites is 1. The molecule has 0 unspecified atom stereocenters. The highest BCUT2D eigenvalue weighted by atomic mass is 32.1. The highest BCUT2D eigenvalue weighted by molar-refractivity contribution is 7.18. The average Bonchev–Trinajstić information content (AvgIpc) is 3.36. The number of hydrogen-bond acceptors (Lipinski definition) is 4. The fourth-order valence-electron chi connectivity index (χ4n) is 3.55. The second-order valence-electron chi connectivity index (χ2n) is 7.24. The SMILES string of the molecule is CN(Cc1ccsc1)C(=O)[C@@](C)(Cc1nc2ccccc2s1)c1ccccc1. The average molecular weight is 407 g/mol. The van der Waals surface area contributed by atoms with Crippen molar-refractivity contribution in [2.45, 2.75) is 25.3 Å². The van der Waals surface area contributed by atoms with Crippen LogP contribution >= 0.6 is 22.7 Å². The number of benzene rings is 2. The summed E-state index contributed by atoms with van der Waals surface area (Å²) < 4.78 is 1.16. The van der Waals surface area contributed by atoms with Crippen molar-refractivity contribution in [3.05, 3.63) is 87.6 Å². The Morgan fingerprint density at radius 2 is 1.82 bits per heavy atom. The van der Waals surface area contributed by atoms with Gasteiger partial charge >= 0.3 is 0 Å². The lowest BCUT2D eigenvalue weighted by Crippen LogP contribution is -2.44. The van der Waals surface area contributed by atoms with Crippen molar-refractivity contribution in [3.63, 3.8) is 0 Å². The molecular formula is C23H22N2OS2. The number of nitrogens with zero attached hydrogens (tertiary/aromatic N) is 2. The smallest absolute Gasteiger partial charge is 0.233 e. The maximum Gasteiger partial charge on any atom is 0.233 e. The third-order valence-corrected chi connectivity index (χ3v) is 6.84. The normalized spacial score (nSPS) is 13.4. The Kier molecular flexibility index (Phi) is 5.29. The van der Waals surface area contributed by atoms with Gasteiger partial charge in [-0.15, -0.1) is 11.3 Å². The molecular weight excluding hydrogens is 384 g/mol. The third-order valence-electron chi connectivity index (χ3n) is 5.07. The Morgan fingerprint density at radius 1 is 1.07 bits per heavy atom. The van der Waals surface area contributed by atoms with Gasteiger partial charge in [0.05, 0.1) is 20.6 Å². The highest BCUT2D eigenvalue weighted by Crippen LogP contribution is 2.33. The third kappa shape index (κ3) is 3.73. The molecule has 2 aromatic heterocycles. The molecule has 1 amide bonds. The van der Waals surface area contributed by atoms with E-state index < -0.39 is 5.41 Å². The molecule has 0 fully saturated rings. The van der Waals surface area contributed by atoms with Crippen LogP contribution in [0.3, 0.4) is 0 Å². The van der Waals surface area contributed by atoms with Crippen LogP contribution in [0.2, 0.25) is 0 Å². The first-order chi connectivity index (χ1) is 13.6. The fourth-order valence-corrected chi connectivity index (χ4v) is 5.34. The van der Waals surface area contributed by atoms with Gasteiger partial charge in [0.15, 0.2) is 0 Å². The first kappa shape index (κ1) is 18.8. The lowest BCUT2D eigenvalue weighted by molar-refractivity contribution is -0.136. The lowest BCUT2D eigenvalue weighted by atomic mass is 9.78. The van der Waals surface area contributed by atoms with Crippen LogP contribution in [0.15, 0.2) is 71.4 Å². The van der Waals surface area contributed by atoms with Crippen molar-refractivity contribution in [1.29, 1.82) is 0 Å². The molecule has 4 rings (SSSR count). The highest BCUT2D eigenvalue weighted by Gasteiger charge is 2.38. The quantitative estimate of drug-likeness (QED) is 0.423. The van der Waals surface area contributed by atoms with Gasteiger partial charge < -0.3 is 4.90 Å². The molecule has 5 heteroatoms. The zero-order chi connectivity index (χ0) is 19.6. The van der Waals surface area contributed by atoms with Crippen molar-refractivity contribution in [2.24, 2.45) is 0 Å². The van der Waals surface area contributed by atoms with Gasteiger partial charge in [-0.3, -0.25) is 4.79 Å². The van der Waals surface area contributed by atoms with E-state index in [1.54, 1.807) is 22.7 Å². The maximum atomic E-state index is 13.6. The molecule has 0 saturated heterocycles. The minimum Gasteiger partial charge on any atom is -0.341 e. The largest absolute Gasteiger partial charge is 0.341 e. The Bertz CT molecular complexity index is 1040. The van der Waals surface area contributed by atoms with Crippen molar-refractivity contribution in [2.75, 3.05) is 7.05 Å². The van der Waals surface area contributed by atoms with E-state index in [9.17, 15) is 4.79 Å². The standard InChI is InChI=1S/C23H22N2OS2/c1-23(18-8-4-3-5-9-18,22(26)25(2)15-17-12-13-27-16-17)14-21-24-19-10-6-7-11-20(19)28-21/h3-13,16H,14-15H2,1-2H3/t23-/m0/s1. The van der Waals surface area contributed by atoms with Crippen molar-refractivity contribution >= 4 is 38.8 Å². The van der Waals surface area contributed by atoms with Gasteiger partial charge in [-0.25, -0.2) is 4.98 Å². The topological polar surface area (TPSA) is 33.2 Å². The van der Waals surface area contributed by atoms with Crippen LogP contribution in [-0.4, -0.2) is 22.8 Å². The predicted octanol–water partition coefficient (Wildman–Crippen LogP) is 5.52. The van der Waals surface area contributed by atoms with Crippen LogP contribution < -0.4 is 0 Å². The molecule has 2 aromatic carbocycles. The minimum absolute atomic E-state index is 0.115. The molecule has 0 aliphatic heterocycles. The molecule has 142 valence electrons. The zero-order valence-electron chi connectivity index (χ0n) is 16.0. The van der Waals surface area contributed by atoms with Gasteiger partial charge in [0.2, 0.25) is 5.91 Å². The molecule has 0 spiro atoms. The van der Waals surface area contributed by atoms with Gasteiger partial charge in [-0.2, -0.15) is 11.3 Å². The van der Waals surface area contributed by atoms with Crippen molar-refractivity contribution in [3.8, 4) is 0 Å². The van der Waals surface area contributed by atoms with E-state index in [1.807, 2.05) is 72.8 Å². The van der Waals surface area contributed by atoms with Crippen LogP contribution in [-0.2, 0) is 23.2 Å². The van der Waals surface area contributed by atoms with E-state index in [-0.39, 0.29) is 5.91 Å². The number of likely N-dealkylation sites (N-methyl/N-ethyl adjacent to an activating group) is 1. The first-order valence-electron chi connectivity index (χ1n) is 9.23. The summed E-state index contributed by atoms with van der Waals surface area (Å²) in [5.41, 5.74) is 2.52.